The van der Waals surface area contributed by atoms with Crippen LogP contribution in [0, 0.1) is 6.92 Å². The molecule has 2 aromatic heterocycles. The van der Waals surface area contributed by atoms with Crippen molar-refractivity contribution in [3.63, 3.8) is 0 Å². The Morgan fingerprint density at radius 1 is 1.50 bits per heavy atom. The molecule has 0 radical (unpaired) electrons. The number of aliphatic hydroxyl groups is 1. The van der Waals surface area contributed by atoms with Gasteiger partial charge in [0, 0.05) is 13.2 Å². The molecule has 8 nitrogen and oxygen atoms in total. The van der Waals surface area contributed by atoms with E-state index >= 15 is 0 Å². The molecule has 2 N–H and O–H groups in total. The quantitative estimate of drug-likeness (QED) is 0.772. The van der Waals surface area contributed by atoms with Crippen LogP contribution in [0.2, 0.25) is 0 Å². The molecule has 96 valence electrons. The third kappa shape index (κ3) is 1.86. The van der Waals surface area contributed by atoms with Gasteiger partial charge in [-0.3, -0.25) is 4.79 Å². The minimum Gasteiger partial charge on any atom is -0.476 e. The van der Waals surface area contributed by atoms with Crippen LogP contribution < -0.4 is 5.56 Å². The maximum atomic E-state index is 11.9. The van der Waals surface area contributed by atoms with Gasteiger partial charge in [0.1, 0.15) is 5.76 Å². The highest BCUT2D eigenvalue weighted by Gasteiger charge is 2.21. The molecule has 0 saturated heterocycles. The van der Waals surface area contributed by atoms with Crippen LogP contribution in [-0.4, -0.2) is 37.7 Å². The summed E-state index contributed by atoms with van der Waals surface area (Å²) in [7, 11) is 0. The molecule has 2 aromatic rings. The van der Waals surface area contributed by atoms with E-state index in [4.69, 9.17) is 14.7 Å². The second-order valence-electron chi connectivity index (χ2n) is 3.72. The van der Waals surface area contributed by atoms with E-state index in [0.717, 1.165) is 4.68 Å². The van der Waals surface area contributed by atoms with Gasteiger partial charge in [-0.05, 0) is 13.3 Å². The number of aryl methyl sites for hydroxylation is 2. The van der Waals surface area contributed by atoms with Gasteiger partial charge in [0.25, 0.3) is 5.56 Å². The second kappa shape index (κ2) is 4.57. The third-order valence-corrected chi connectivity index (χ3v) is 2.49. The molecule has 18 heavy (non-hydrogen) atoms. The molecular weight excluding hydrogens is 242 g/mol. The van der Waals surface area contributed by atoms with Gasteiger partial charge in [0.2, 0.25) is 0 Å². The molecule has 0 unspecified atom stereocenters. The molecule has 0 spiro atoms. The minimum absolute atomic E-state index is 0.0576. The van der Waals surface area contributed by atoms with Gasteiger partial charge in [-0.15, -0.1) is 0 Å². The Kier molecular flexibility index (Phi) is 3.11. The lowest BCUT2D eigenvalue weighted by Gasteiger charge is -2.04. The van der Waals surface area contributed by atoms with Crippen molar-refractivity contribution in [2.75, 3.05) is 6.61 Å². The van der Waals surface area contributed by atoms with Gasteiger partial charge < -0.3 is 14.7 Å². The number of fused-ring (bicyclic) bond motifs is 1. The van der Waals surface area contributed by atoms with Crippen molar-refractivity contribution in [2.45, 2.75) is 19.9 Å². The summed E-state index contributed by atoms with van der Waals surface area (Å²) in [6.45, 7) is 1.52. The normalized spacial score (nSPS) is 11.0. The van der Waals surface area contributed by atoms with Crippen LogP contribution in [0.25, 0.3) is 10.9 Å². The predicted octanol–water partition coefficient (Wildman–Crippen LogP) is -0.226. The van der Waals surface area contributed by atoms with Crippen molar-refractivity contribution < 1.29 is 19.5 Å². The summed E-state index contributed by atoms with van der Waals surface area (Å²) in [6, 6.07) is 0. The second-order valence-corrected chi connectivity index (χ2v) is 3.72. The van der Waals surface area contributed by atoms with Crippen molar-refractivity contribution in [3.05, 3.63) is 21.8 Å². The highest BCUT2D eigenvalue weighted by Crippen LogP contribution is 2.17. The molecule has 2 heterocycles. The van der Waals surface area contributed by atoms with E-state index in [9.17, 15) is 9.59 Å². The molecule has 8 heteroatoms. The van der Waals surface area contributed by atoms with Gasteiger partial charge in [0.05, 0.1) is 5.39 Å². The fourth-order valence-electron chi connectivity index (χ4n) is 1.66. The number of aliphatic hydroxyl groups excluding tert-OH is 1. The molecule has 0 aliphatic rings. The summed E-state index contributed by atoms with van der Waals surface area (Å²) in [5.74, 6) is -1.02. The lowest BCUT2D eigenvalue weighted by atomic mass is 10.2. The van der Waals surface area contributed by atoms with E-state index in [0.29, 0.717) is 6.42 Å². The molecule has 0 amide bonds. The van der Waals surface area contributed by atoms with Gasteiger partial charge in [-0.2, -0.15) is 5.10 Å². The summed E-state index contributed by atoms with van der Waals surface area (Å²) >= 11 is 0. The van der Waals surface area contributed by atoms with Crippen LogP contribution in [0.4, 0.5) is 0 Å². The van der Waals surface area contributed by atoms with Crippen LogP contribution >= 0.6 is 0 Å². The first-order valence-electron chi connectivity index (χ1n) is 5.27. The Hall–Kier alpha value is -2.22. The topological polar surface area (TPSA) is 118 Å². The van der Waals surface area contributed by atoms with Crippen LogP contribution in [-0.2, 0) is 6.54 Å². The van der Waals surface area contributed by atoms with Crippen molar-refractivity contribution in [2.24, 2.45) is 0 Å². The van der Waals surface area contributed by atoms with E-state index in [1.165, 1.54) is 6.92 Å². The minimum atomic E-state index is -1.26. The highest BCUT2D eigenvalue weighted by molar-refractivity contribution is 6.00. The average Bonchev–Trinajstić information content (AvgIpc) is 2.71. The van der Waals surface area contributed by atoms with E-state index in [-0.39, 0.29) is 35.5 Å². The molecule has 2 rings (SSSR count). The Bertz CT molecular complexity index is 657. The first-order valence-corrected chi connectivity index (χ1v) is 5.27. The Balaban J connectivity index is 2.72. The number of rotatable bonds is 4. The van der Waals surface area contributed by atoms with E-state index in [1.54, 1.807) is 0 Å². The molecule has 0 fully saturated rings. The Morgan fingerprint density at radius 2 is 2.22 bits per heavy atom. The number of carbonyl (C=O) groups is 1. The van der Waals surface area contributed by atoms with E-state index in [1.807, 2.05) is 0 Å². The van der Waals surface area contributed by atoms with E-state index in [2.05, 4.69) is 10.3 Å². The number of carboxylic acid groups (broad SMARTS) is 1. The highest BCUT2D eigenvalue weighted by atomic mass is 16.5. The summed E-state index contributed by atoms with van der Waals surface area (Å²) in [6.07, 6.45) is 0.300. The van der Waals surface area contributed by atoms with Crippen molar-refractivity contribution in [1.29, 1.82) is 0 Å². The van der Waals surface area contributed by atoms with Crippen LogP contribution in [0.5, 0.6) is 0 Å². The zero-order valence-electron chi connectivity index (χ0n) is 9.58. The van der Waals surface area contributed by atoms with Gasteiger partial charge >= 0.3 is 5.97 Å². The summed E-state index contributed by atoms with van der Waals surface area (Å²) < 4.78 is 5.81. The predicted molar refractivity (Wildman–Crippen MR) is 59.5 cm³/mol. The van der Waals surface area contributed by atoms with Gasteiger partial charge in [-0.1, -0.05) is 5.16 Å². The molecule has 0 aliphatic carbocycles. The molecule has 0 atom stereocenters. The van der Waals surface area contributed by atoms with Crippen LogP contribution in [0.3, 0.4) is 0 Å². The fraction of sp³-hybridized carbons (Fsp3) is 0.400. The smallest absolute Gasteiger partial charge is 0.357 e. The Labute approximate surface area is 100 Å². The Morgan fingerprint density at radius 3 is 2.83 bits per heavy atom. The number of hydrogen-bond donors (Lipinski definition) is 2. The first kappa shape index (κ1) is 12.2. The zero-order valence-corrected chi connectivity index (χ0v) is 9.58. The van der Waals surface area contributed by atoms with Crippen molar-refractivity contribution in [3.8, 4) is 0 Å². The molecule has 0 saturated carbocycles. The largest absolute Gasteiger partial charge is 0.476 e. The zero-order chi connectivity index (χ0) is 13.3. The molecular formula is C10H11N3O5. The summed E-state index contributed by atoms with van der Waals surface area (Å²) in [4.78, 5) is 23.0. The van der Waals surface area contributed by atoms with Crippen molar-refractivity contribution in [1.82, 2.24) is 14.9 Å². The SMILES string of the molecule is Cc1onc2c(=O)n(CCCO)nc(C(=O)O)c12. The summed E-state index contributed by atoms with van der Waals surface area (Å²) in [5, 5.41) is 25.2. The number of nitrogens with zero attached hydrogens (tertiary/aromatic N) is 3. The molecule has 0 bridgehead atoms. The van der Waals surface area contributed by atoms with Gasteiger partial charge in [0.15, 0.2) is 11.2 Å². The monoisotopic (exact) mass is 253 g/mol. The molecule has 0 aromatic carbocycles. The summed E-state index contributed by atoms with van der Waals surface area (Å²) in [5.41, 5.74) is -0.862. The number of hydrogen-bond acceptors (Lipinski definition) is 6. The van der Waals surface area contributed by atoms with Gasteiger partial charge in [-0.25, -0.2) is 9.48 Å². The average molecular weight is 253 g/mol. The lowest BCUT2D eigenvalue weighted by Crippen LogP contribution is -2.26. The fourth-order valence-corrected chi connectivity index (χ4v) is 1.66. The number of aromatic carboxylic acids is 1. The standard InChI is InChI=1S/C10H11N3O5/c1-5-6-7(12-18-5)9(15)13(3-2-4-14)11-8(6)10(16)17/h14H,2-4H2,1H3,(H,16,17). The van der Waals surface area contributed by atoms with E-state index < -0.39 is 11.5 Å². The number of aromatic nitrogens is 3. The van der Waals surface area contributed by atoms with Crippen LogP contribution in [0.1, 0.15) is 22.7 Å². The maximum Gasteiger partial charge on any atom is 0.357 e. The third-order valence-electron chi connectivity index (χ3n) is 2.49. The lowest BCUT2D eigenvalue weighted by molar-refractivity contribution is 0.0689. The first-order chi connectivity index (χ1) is 8.56. The number of carboxylic acids is 1. The van der Waals surface area contributed by atoms with Crippen LogP contribution in [0.15, 0.2) is 9.32 Å². The molecule has 0 aliphatic heterocycles. The van der Waals surface area contributed by atoms with Crippen molar-refractivity contribution >= 4 is 16.9 Å². The maximum absolute atomic E-state index is 11.9.